The van der Waals surface area contributed by atoms with Gasteiger partial charge in [0, 0.05) is 5.41 Å². The van der Waals surface area contributed by atoms with Gasteiger partial charge in [-0.2, -0.15) is 0 Å². The first-order valence-corrected chi connectivity index (χ1v) is 5.30. The number of rotatable bonds is 3. The largest absolute Gasteiger partial charge is 0.481 e. The fraction of sp³-hybridized carbons (Fsp3) is 0.308. The van der Waals surface area contributed by atoms with Crippen molar-refractivity contribution in [3.8, 4) is 0 Å². The molecule has 0 saturated heterocycles. The molecule has 0 spiro atoms. The van der Waals surface area contributed by atoms with Crippen molar-refractivity contribution in [1.82, 2.24) is 0 Å². The number of halogens is 1. The van der Waals surface area contributed by atoms with Crippen molar-refractivity contribution in [2.24, 2.45) is 0 Å². The van der Waals surface area contributed by atoms with Crippen LogP contribution in [0.1, 0.15) is 25.8 Å². The van der Waals surface area contributed by atoms with Crippen molar-refractivity contribution >= 4 is 16.9 Å². The summed E-state index contributed by atoms with van der Waals surface area (Å²) in [6.07, 6.45) is 1.30. The van der Waals surface area contributed by atoms with E-state index in [0.29, 0.717) is 16.5 Å². The summed E-state index contributed by atoms with van der Waals surface area (Å²) in [5, 5.41) is 9.22. The zero-order valence-corrected chi connectivity index (χ0v) is 9.66. The second kappa shape index (κ2) is 3.87. The normalized spacial score (nSPS) is 11.9. The maximum absolute atomic E-state index is 14.2. The van der Waals surface area contributed by atoms with Gasteiger partial charge in [-0.25, -0.2) is 4.39 Å². The van der Waals surface area contributed by atoms with Crippen LogP contribution in [0.2, 0.25) is 0 Å². The summed E-state index contributed by atoms with van der Waals surface area (Å²) < 4.78 is 19.3. The molecule has 4 heteroatoms. The zero-order valence-electron chi connectivity index (χ0n) is 9.66. The van der Waals surface area contributed by atoms with Gasteiger partial charge in [0.25, 0.3) is 0 Å². The predicted octanol–water partition coefficient (Wildman–Crippen LogP) is 3.32. The molecule has 1 N–H and O–H groups in total. The second-order valence-electron chi connectivity index (χ2n) is 4.71. The fourth-order valence-electron chi connectivity index (χ4n) is 2.00. The van der Waals surface area contributed by atoms with Crippen LogP contribution in [0, 0.1) is 5.82 Å². The number of benzene rings is 1. The third kappa shape index (κ3) is 2.02. The molecule has 17 heavy (non-hydrogen) atoms. The summed E-state index contributed by atoms with van der Waals surface area (Å²) >= 11 is 0. The summed E-state index contributed by atoms with van der Waals surface area (Å²) in [7, 11) is 0. The molecule has 1 heterocycles. The van der Waals surface area contributed by atoms with Gasteiger partial charge in [0.2, 0.25) is 0 Å². The van der Waals surface area contributed by atoms with E-state index < -0.39 is 17.2 Å². The van der Waals surface area contributed by atoms with E-state index in [1.165, 1.54) is 6.26 Å². The fourth-order valence-corrected chi connectivity index (χ4v) is 2.00. The van der Waals surface area contributed by atoms with Gasteiger partial charge in [-0.1, -0.05) is 19.9 Å². The molecule has 0 fully saturated rings. The molecule has 2 rings (SSSR count). The Morgan fingerprint density at radius 1 is 1.41 bits per heavy atom. The maximum Gasteiger partial charge on any atom is 0.304 e. The lowest BCUT2D eigenvalue weighted by Crippen LogP contribution is -2.23. The van der Waals surface area contributed by atoms with Crippen LogP contribution in [-0.2, 0) is 10.2 Å². The highest BCUT2D eigenvalue weighted by Crippen LogP contribution is 2.33. The molecule has 2 aromatic rings. The van der Waals surface area contributed by atoms with Crippen LogP contribution in [0.3, 0.4) is 0 Å². The van der Waals surface area contributed by atoms with Gasteiger partial charge in [-0.05, 0) is 17.7 Å². The number of fused-ring (bicyclic) bond motifs is 1. The molecular formula is C13H13FO3. The van der Waals surface area contributed by atoms with Crippen LogP contribution < -0.4 is 0 Å². The van der Waals surface area contributed by atoms with E-state index in [1.54, 1.807) is 32.0 Å². The Morgan fingerprint density at radius 3 is 2.76 bits per heavy atom. The predicted molar refractivity (Wildman–Crippen MR) is 61.5 cm³/mol. The molecule has 90 valence electrons. The van der Waals surface area contributed by atoms with Crippen molar-refractivity contribution in [2.75, 3.05) is 0 Å². The van der Waals surface area contributed by atoms with Gasteiger partial charge in [0.1, 0.15) is 11.4 Å². The minimum absolute atomic E-state index is 0.118. The number of carbonyl (C=O) groups is 1. The Morgan fingerprint density at radius 2 is 2.12 bits per heavy atom. The summed E-state index contributed by atoms with van der Waals surface area (Å²) in [6, 6.07) is 4.80. The average Bonchev–Trinajstić information content (AvgIpc) is 2.64. The van der Waals surface area contributed by atoms with Crippen LogP contribution >= 0.6 is 0 Å². The first kappa shape index (κ1) is 11.6. The molecule has 0 atom stereocenters. The van der Waals surface area contributed by atoms with Gasteiger partial charge < -0.3 is 9.52 Å². The number of aliphatic carboxylic acids is 1. The Hall–Kier alpha value is -1.84. The standard InChI is InChI=1S/C13H13FO3/c1-13(2,7-11(15)16)9-3-4-10-8(12(9)14)5-6-17-10/h3-6H,7H2,1-2H3,(H,15,16). The Kier molecular flexibility index (Phi) is 2.65. The Labute approximate surface area is 97.9 Å². The lowest BCUT2D eigenvalue weighted by molar-refractivity contribution is -0.138. The van der Waals surface area contributed by atoms with Crippen LogP contribution in [-0.4, -0.2) is 11.1 Å². The molecule has 0 bridgehead atoms. The quantitative estimate of drug-likeness (QED) is 0.889. The van der Waals surface area contributed by atoms with E-state index >= 15 is 0 Å². The van der Waals surface area contributed by atoms with Crippen molar-refractivity contribution in [3.05, 3.63) is 35.8 Å². The van der Waals surface area contributed by atoms with Gasteiger partial charge in [-0.15, -0.1) is 0 Å². The van der Waals surface area contributed by atoms with Crippen molar-refractivity contribution in [2.45, 2.75) is 25.7 Å². The highest BCUT2D eigenvalue weighted by atomic mass is 19.1. The van der Waals surface area contributed by atoms with E-state index in [9.17, 15) is 9.18 Å². The van der Waals surface area contributed by atoms with Crippen molar-refractivity contribution < 1.29 is 18.7 Å². The topological polar surface area (TPSA) is 50.4 Å². The molecule has 0 aliphatic rings. The van der Waals surface area contributed by atoms with Crippen LogP contribution in [0.5, 0.6) is 0 Å². The average molecular weight is 236 g/mol. The molecule has 0 radical (unpaired) electrons. The molecule has 3 nitrogen and oxygen atoms in total. The number of carboxylic acids is 1. The van der Waals surface area contributed by atoms with Crippen LogP contribution in [0.15, 0.2) is 28.9 Å². The van der Waals surface area contributed by atoms with E-state index in [4.69, 9.17) is 9.52 Å². The van der Waals surface area contributed by atoms with Crippen LogP contribution in [0.4, 0.5) is 4.39 Å². The maximum atomic E-state index is 14.2. The third-order valence-electron chi connectivity index (χ3n) is 2.89. The van der Waals surface area contributed by atoms with Gasteiger partial charge in [-0.3, -0.25) is 4.79 Å². The lowest BCUT2D eigenvalue weighted by atomic mass is 9.81. The molecule has 0 unspecified atom stereocenters. The zero-order chi connectivity index (χ0) is 12.6. The molecular weight excluding hydrogens is 223 g/mol. The molecule has 0 aliphatic carbocycles. The highest BCUT2D eigenvalue weighted by Gasteiger charge is 2.28. The Bertz CT molecular complexity index is 569. The summed E-state index contributed by atoms with van der Waals surface area (Å²) in [5.74, 6) is -1.34. The molecule has 1 aromatic heterocycles. The third-order valence-corrected chi connectivity index (χ3v) is 2.89. The monoisotopic (exact) mass is 236 g/mol. The number of carboxylic acid groups (broad SMARTS) is 1. The Balaban J connectivity index is 2.54. The van der Waals surface area contributed by atoms with Crippen molar-refractivity contribution in [3.63, 3.8) is 0 Å². The van der Waals surface area contributed by atoms with Gasteiger partial charge >= 0.3 is 5.97 Å². The molecule has 0 amide bonds. The summed E-state index contributed by atoms with van der Waals surface area (Å²) in [5.41, 5.74) is 0.118. The smallest absolute Gasteiger partial charge is 0.304 e. The minimum atomic E-state index is -0.943. The number of hydrogen-bond donors (Lipinski definition) is 1. The van der Waals surface area contributed by atoms with E-state index in [-0.39, 0.29) is 6.42 Å². The van der Waals surface area contributed by atoms with Gasteiger partial charge in [0.05, 0.1) is 18.1 Å². The summed E-state index contributed by atoms with van der Waals surface area (Å²) in [6.45, 7) is 3.43. The molecule has 0 aliphatic heterocycles. The number of furan rings is 1. The second-order valence-corrected chi connectivity index (χ2v) is 4.71. The van der Waals surface area contributed by atoms with Crippen LogP contribution in [0.25, 0.3) is 11.0 Å². The number of hydrogen-bond acceptors (Lipinski definition) is 2. The first-order valence-electron chi connectivity index (χ1n) is 5.30. The first-order chi connectivity index (χ1) is 7.92. The minimum Gasteiger partial charge on any atom is -0.481 e. The van der Waals surface area contributed by atoms with E-state index in [2.05, 4.69) is 0 Å². The molecule has 1 aromatic carbocycles. The lowest BCUT2D eigenvalue weighted by Gasteiger charge is -2.23. The van der Waals surface area contributed by atoms with E-state index in [0.717, 1.165) is 0 Å². The SMILES string of the molecule is CC(C)(CC(=O)O)c1ccc2occc2c1F. The van der Waals surface area contributed by atoms with Gasteiger partial charge in [0.15, 0.2) is 0 Å². The summed E-state index contributed by atoms with van der Waals surface area (Å²) in [4.78, 5) is 10.8. The van der Waals surface area contributed by atoms with Crippen molar-refractivity contribution in [1.29, 1.82) is 0 Å². The van der Waals surface area contributed by atoms with E-state index in [1.807, 2.05) is 0 Å². The highest BCUT2D eigenvalue weighted by molar-refractivity contribution is 5.79. The molecule has 0 saturated carbocycles.